The Morgan fingerprint density at radius 2 is 2.06 bits per heavy atom. The Bertz CT molecular complexity index is 367. The van der Waals surface area contributed by atoms with Crippen LogP contribution in [0.4, 0.5) is 5.69 Å². The summed E-state index contributed by atoms with van der Waals surface area (Å²) >= 11 is 1.89. The number of amides is 1. The molecule has 0 saturated carbocycles. The summed E-state index contributed by atoms with van der Waals surface area (Å²) in [4.78, 5) is 11.9. The van der Waals surface area contributed by atoms with Crippen molar-refractivity contribution in [2.24, 2.45) is 5.84 Å². The van der Waals surface area contributed by atoms with E-state index in [0.29, 0.717) is 5.56 Å². The fourth-order valence-corrected chi connectivity index (χ4v) is 2.31. The molecule has 1 atom stereocenters. The number of carbonyl (C=O) groups is 1. The minimum Gasteiger partial charge on any atom is -0.350 e. The van der Waals surface area contributed by atoms with Gasteiger partial charge in [-0.3, -0.25) is 10.6 Å². The second kappa shape index (κ2) is 8.00. The highest BCUT2D eigenvalue weighted by Crippen LogP contribution is 2.09. The number of benzene rings is 1. The number of thioether (sulfide) groups is 1. The largest absolute Gasteiger partial charge is 0.350 e. The SMILES string of the molecule is CCSCCC(C)NC(=O)c1ccc(NN)cc1. The molecule has 0 aromatic heterocycles. The van der Waals surface area contributed by atoms with Crippen LogP contribution < -0.4 is 16.6 Å². The first-order valence-electron chi connectivity index (χ1n) is 6.12. The first-order valence-corrected chi connectivity index (χ1v) is 7.28. The molecule has 0 heterocycles. The van der Waals surface area contributed by atoms with Gasteiger partial charge >= 0.3 is 0 Å². The van der Waals surface area contributed by atoms with Crippen molar-refractivity contribution in [1.82, 2.24) is 5.32 Å². The van der Waals surface area contributed by atoms with Crippen molar-refractivity contribution in [3.05, 3.63) is 29.8 Å². The lowest BCUT2D eigenvalue weighted by Gasteiger charge is -2.13. The zero-order chi connectivity index (χ0) is 13.4. The van der Waals surface area contributed by atoms with E-state index in [0.717, 1.165) is 23.6 Å². The average molecular weight is 267 g/mol. The van der Waals surface area contributed by atoms with Gasteiger partial charge in [0.05, 0.1) is 0 Å². The maximum absolute atomic E-state index is 11.9. The van der Waals surface area contributed by atoms with Crippen molar-refractivity contribution < 1.29 is 4.79 Å². The molecule has 1 unspecified atom stereocenters. The maximum Gasteiger partial charge on any atom is 0.251 e. The summed E-state index contributed by atoms with van der Waals surface area (Å²) in [5, 5.41) is 2.99. The number of anilines is 1. The molecule has 0 radical (unpaired) electrons. The third-order valence-electron chi connectivity index (χ3n) is 2.59. The van der Waals surface area contributed by atoms with E-state index in [1.165, 1.54) is 0 Å². The molecule has 5 heteroatoms. The number of nitrogens with two attached hydrogens (primary N) is 1. The Morgan fingerprint density at radius 3 is 2.61 bits per heavy atom. The molecule has 1 aromatic rings. The second-order valence-electron chi connectivity index (χ2n) is 4.08. The number of nitrogens with one attached hydrogen (secondary N) is 2. The van der Waals surface area contributed by atoms with Crippen molar-refractivity contribution in [3.63, 3.8) is 0 Å². The van der Waals surface area contributed by atoms with Gasteiger partial charge < -0.3 is 10.7 Å². The predicted molar refractivity (Wildman–Crippen MR) is 78.8 cm³/mol. The van der Waals surface area contributed by atoms with Crippen LogP contribution in [0.15, 0.2) is 24.3 Å². The van der Waals surface area contributed by atoms with Crippen LogP contribution in [0.3, 0.4) is 0 Å². The van der Waals surface area contributed by atoms with Crippen LogP contribution in [0.5, 0.6) is 0 Å². The Kier molecular flexibility index (Phi) is 6.60. The van der Waals surface area contributed by atoms with Gasteiger partial charge in [-0.25, -0.2) is 0 Å². The topological polar surface area (TPSA) is 67.2 Å². The molecule has 0 aliphatic carbocycles. The summed E-state index contributed by atoms with van der Waals surface area (Å²) in [6.45, 7) is 4.17. The van der Waals surface area contributed by atoms with E-state index in [2.05, 4.69) is 17.7 Å². The molecule has 0 aliphatic rings. The van der Waals surface area contributed by atoms with Gasteiger partial charge in [-0.1, -0.05) is 6.92 Å². The zero-order valence-electron chi connectivity index (χ0n) is 10.9. The van der Waals surface area contributed by atoms with Crippen LogP contribution in [-0.4, -0.2) is 23.5 Å². The summed E-state index contributed by atoms with van der Waals surface area (Å²) in [5.41, 5.74) is 3.98. The molecule has 18 heavy (non-hydrogen) atoms. The van der Waals surface area contributed by atoms with Gasteiger partial charge in [-0.05, 0) is 49.1 Å². The summed E-state index contributed by atoms with van der Waals surface area (Å²) in [7, 11) is 0. The highest BCUT2D eigenvalue weighted by atomic mass is 32.2. The van der Waals surface area contributed by atoms with Crippen LogP contribution in [0.2, 0.25) is 0 Å². The third-order valence-corrected chi connectivity index (χ3v) is 3.52. The molecule has 1 rings (SSSR count). The number of hydrazine groups is 1. The number of nitrogen functional groups attached to an aromatic ring is 1. The molecule has 100 valence electrons. The smallest absolute Gasteiger partial charge is 0.251 e. The number of carbonyl (C=O) groups excluding carboxylic acids is 1. The van der Waals surface area contributed by atoms with E-state index in [1.54, 1.807) is 24.3 Å². The Labute approximate surface area is 113 Å². The van der Waals surface area contributed by atoms with Crippen molar-refractivity contribution in [2.45, 2.75) is 26.3 Å². The van der Waals surface area contributed by atoms with Crippen molar-refractivity contribution >= 4 is 23.4 Å². The predicted octanol–water partition coefficient (Wildman–Crippen LogP) is 2.23. The van der Waals surface area contributed by atoms with E-state index in [9.17, 15) is 4.79 Å². The normalized spacial score (nSPS) is 11.9. The molecule has 4 nitrogen and oxygen atoms in total. The number of rotatable bonds is 7. The molecule has 0 spiro atoms. The molecule has 1 aromatic carbocycles. The van der Waals surface area contributed by atoms with Crippen molar-refractivity contribution in [1.29, 1.82) is 0 Å². The molecule has 0 fully saturated rings. The van der Waals surface area contributed by atoms with E-state index in [4.69, 9.17) is 5.84 Å². The maximum atomic E-state index is 11.9. The van der Waals surface area contributed by atoms with Crippen LogP contribution in [0, 0.1) is 0 Å². The summed E-state index contributed by atoms with van der Waals surface area (Å²) in [6.07, 6.45) is 0.993. The molecular formula is C13H21N3OS. The van der Waals surface area contributed by atoms with Crippen LogP contribution in [0.1, 0.15) is 30.6 Å². The van der Waals surface area contributed by atoms with E-state index in [-0.39, 0.29) is 11.9 Å². The van der Waals surface area contributed by atoms with E-state index >= 15 is 0 Å². The first kappa shape index (κ1) is 14.9. The average Bonchev–Trinajstić information content (AvgIpc) is 2.39. The molecule has 0 aliphatic heterocycles. The monoisotopic (exact) mass is 267 g/mol. The molecule has 0 bridgehead atoms. The lowest BCUT2D eigenvalue weighted by atomic mass is 10.1. The standard InChI is InChI=1S/C13H21N3OS/c1-3-18-9-8-10(2)15-13(17)11-4-6-12(16-14)7-5-11/h4-7,10,16H,3,8-9,14H2,1-2H3,(H,15,17). The highest BCUT2D eigenvalue weighted by Gasteiger charge is 2.09. The van der Waals surface area contributed by atoms with Crippen molar-refractivity contribution in [3.8, 4) is 0 Å². The lowest BCUT2D eigenvalue weighted by Crippen LogP contribution is -2.32. The van der Waals surface area contributed by atoms with Crippen LogP contribution >= 0.6 is 11.8 Å². The lowest BCUT2D eigenvalue weighted by molar-refractivity contribution is 0.0939. The van der Waals surface area contributed by atoms with Gasteiger partial charge in [-0.15, -0.1) is 0 Å². The summed E-state index contributed by atoms with van der Waals surface area (Å²) in [6, 6.07) is 7.29. The van der Waals surface area contributed by atoms with Gasteiger partial charge in [0, 0.05) is 17.3 Å². The van der Waals surface area contributed by atoms with Gasteiger partial charge in [-0.2, -0.15) is 11.8 Å². The highest BCUT2D eigenvalue weighted by molar-refractivity contribution is 7.99. The van der Waals surface area contributed by atoms with Gasteiger partial charge in [0.1, 0.15) is 0 Å². The molecule has 4 N–H and O–H groups in total. The quantitative estimate of drug-likeness (QED) is 0.402. The Balaban J connectivity index is 2.43. The fourth-order valence-electron chi connectivity index (χ4n) is 1.50. The molecular weight excluding hydrogens is 246 g/mol. The number of hydrogen-bond acceptors (Lipinski definition) is 4. The van der Waals surface area contributed by atoms with Crippen LogP contribution in [0.25, 0.3) is 0 Å². The zero-order valence-corrected chi connectivity index (χ0v) is 11.7. The number of hydrogen-bond donors (Lipinski definition) is 3. The summed E-state index contributed by atoms with van der Waals surface area (Å²) < 4.78 is 0. The first-order chi connectivity index (χ1) is 8.67. The van der Waals surface area contributed by atoms with E-state index in [1.807, 2.05) is 18.7 Å². The minimum atomic E-state index is -0.0347. The van der Waals surface area contributed by atoms with Crippen molar-refractivity contribution in [2.75, 3.05) is 16.9 Å². The third kappa shape index (κ3) is 4.98. The molecule has 1 amide bonds. The molecule has 0 saturated heterocycles. The minimum absolute atomic E-state index is 0.0347. The fraction of sp³-hybridized carbons (Fsp3) is 0.462. The Hall–Kier alpha value is -1.20. The van der Waals surface area contributed by atoms with Gasteiger partial charge in [0.25, 0.3) is 5.91 Å². The van der Waals surface area contributed by atoms with Gasteiger partial charge in [0.2, 0.25) is 0 Å². The Morgan fingerprint density at radius 1 is 1.39 bits per heavy atom. The van der Waals surface area contributed by atoms with Gasteiger partial charge in [0.15, 0.2) is 0 Å². The summed E-state index contributed by atoms with van der Waals surface area (Å²) in [5.74, 6) is 7.43. The van der Waals surface area contributed by atoms with Crippen LogP contribution in [-0.2, 0) is 0 Å². The second-order valence-corrected chi connectivity index (χ2v) is 5.48. The van der Waals surface area contributed by atoms with E-state index < -0.39 is 0 Å².